The number of nitriles is 2. The van der Waals surface area contributed by atoms with Gasteiger partial charge in [-0.1, -0.05) is 52.8 Å². The first-order chi connectivity index (χ1) is 14.2. The highest BCUT2D eigenvalue weighted by Gasteiger charge is 2.41. The summed E-state index contributed by atoms with van der Waals surface area (Å²) in [5.74, 6) is 0. The quantitative estimate of drug-likeness (QED) is 0.706. The molecule has 4 nitrogen and oxygen atoms in total. The molecule has 0 N–H and O–H groups in total. The maximum atomic E-state index is 9.28. The van der Waals surface area contributed by atoms with Crippen LogP contribution >= 0.6 is 11.3 Å². The lowest BCUT2D eigenvalue weighted by Crippen LogP contribution is -2.29. The van der Waals surface area contributed by atoms with Gasteiger partial charge in [-0.3, -0.25) is 0 Å². The third kappa shape index (κ3) is 3.15. The smallest absolute Gasteiger partial charge is 0.165 e. The van der Waals surface area contributed by atoms with Crippen LogP contribution in [-0.2, 0) is 17.3 Å². The molecule has 0 saturated heterocycles. The molecule has 5 heteroatoms. The van der Waals surface area contributed by atoms with Crippen LogP contribution in [0.1, 0.15) is 57.9 Å². The van der Waals surface area contributed by atoms with Crippen molar-refractivity contribution in [1.82, 2.24) is 4.98 Å². The standard InChI is InChI=1S/C25H26N4S/c1-24(2,3)22-19(30-23(28-22)17(14-26)15-27)11-12-20-25(4,5)18-10-6-8-16-9-7-13-29(20)21(16)18/h6,8,10-12H,7,9,13H2,1-5H3/b19-11+,20-12-. The topological polar surface area (TPSA) is 63.7 Å². The summed E-state index contributed by atoms with van der Waals surface area (Å²) in [7, 11) is 0. The number of anilines is 1. The molecular formula is C25H26N4S. The van der Waals surface area contributed by atoms with Crippen molar-refractivity contribution >= 4 is 28.7 Å². The normalized spacial score (nSPS) is 18.8. The largest absolute Gasteiger partial charge is 0.344 e. The third-order valence-corrected chi connectivity index (χ3v) is 7.05. The molecule has 0 unspecified atom stereocenters. The van der Waals surface area contributed by atoms with E-state index >= 15 is 0 Å². The van der Waals surface area contributed by atoms with Crippen LogP contribution in [-0.4, -0.2) is 11.5 Å². The van der Waals surface area contributed by atoms with Gasteiger partial charge in [0.25, 0.3) is 0 Å². The van der Waals surface area contributed by atoms with Crippen molar-refractivity contribution in [2.24, 2.45) is 0 Å². The number of nitrogens with zero attached hydrogens (tertiary/aromatic N) is 4. The van der Waals surface area contributed by atoms with Crippen molar-refractivity contribution in [3.8, 4) is 12.1 Å². The average Bonchev–Trinajstić information content (AvgIpc) is 3.21. The zero-order chi connectivity index (χ0) is 21.7. The van der Waals surface area contributed by atoms with E-state index in [9.17, 15) is 10.5 Å². The first-order valence-corrected chi connectivity index (χ1v) is 11.1. The Labute approximate surface area is 182 Å². The second kappa shape index (κ2) is 7.11. The molecule has 2 aliphatic rings. The van der Waals surface area contributed by atoms with Gasteiger partial charge in [-0.25, -0.2) is 4.98 Å². The summed E-state index contributed by atoms with van der Waals surface area (Å²) in [6.45, 7) is 12.0. The highest BCUT2D eigenvalue weighted by Crippen LogP contribution is 2.50. The Morgan fingerprint density at radius 1 is 1.20 bits per heavy atom. The van der Waals surface area contributed by atoms with Gasteiger partial charge < -0.3 is 4.90 Å². The summed E-state index contributed by atoms with van der Waals surface area (Å²) in [5, 5.41) is 18.6. The average molecular weight is 415 g/mol. The van der Waals surface area contributed by atoms with Crippen LogP contribution in [0.3, 0.4) is 0 Å². The summed E-state index contributed by atoms with van der Waals surface area (Å²) in [5.41, 5.74) is 6.27. The van der Waals surface area contributed by atoms with Gasteiger partial charge in [0.15, 0.2) is 5.57 Å². The molecule has 2 aromatic rings. The Hall–Kier alpha value is -2.89. The second-order valence-corrected chi connectivity index (χ2v) is 10.5. The van der Waals surface area contributed by atoms with Crippen LogP contribution in [0.25, 0.3) is 11.6 Å². The number of aromatic nitrogens is 1. The summed E-state index contributed by atoms with van der Waals surface area (Å²) < 4.78 is 1.51. The van der Waals surface area contributed by atoms with Gasteiger partial charge in [0.1, 0.15) is 16.8 Å². The van der Waals surface area contributed by atoms with Crippen molar-refractivity contribution in [3.63, 3.8) is 0 Å². The van der Waals surface area contributed by atoms with E-state index in [1.54, 1.807) is 0 Å². The Morgan fingerprint density at radius 3 is 2.60 bits per heavy atom. The maximum absolute atomic E-state index is 9.28. The SMILES string of the molecule is CC(C)(C)c1nc(=C(C#N)C#N)s/c1=C/C=C1\N2CCCc3cccc(c32)C1(C)C. The van der Waals surface area contributed by atoms with Gasteiger partial charge in [-0.05, 0) is 36.1 Å². The summed E-state index contributed by atoms with van der Waals surface area (Å²) in [6, 6.07) is 10.6. The molecule has 0 radical (unpaired) electrons. The monoisotopic (exact) mass is 414 g/mol. The molecule has 0 saturated carbocycles. The summed E-state index contributed by atoms with van der Waals surface area (Å²) in [4.78, 5) is 7.15. The maximum Gasteiger partial charge on any atom is 0.165 e. The Bertz CT molecular complexity index is 1240. The molecule has 0 spiro atoms. The van der Waals surface area contributed by atoms with Crippen LogP contribution in [0.15, 0.2) is 30.0 Å². The van der Waals surface area contributed by atoms with E-state index in [1.807, 2.05) is 12.1 Å². The Morgan fingerprint density at radius 2 is 1.93 bits per heavy atom. The lowest BCUT2D eigenvalue weighted by molar-refractivity contribution is 0.568. The molecule has 2 aliphatic heterocycles. The predicted molar refractivity (Wildman–Crippen MR) is 122 cm³/mol. The number of rotatable bonds is 1. The predicted octanol–water partition coefficient (Wildman–Crippen LogP) is 4.05. The first kappa shape index (κ1) is 20.4. The molecule has 1 aromatic carbocycles. The van der Waals surface area contributed by atoms with Crippen LogP contribution in [0.5, 0.6) is 0 Å². The molecule has 4 rings (SSSR count). The van der Waals surface area contributed by atoms with Crippen LogP contribution in [0.4, 0.5) is 5.69 Å². The zero-order valence-corrected chi connectivity index (χ0v) is 19.0. The Balaban J connectivity index is 1.92. The van der Waals surface area contributed by atoms with Crippen LogP contribution in [0, 0.1) is 22.7 Å². The van der Waals surface area contributed by atoms with Gasteiger partial charge in [0, 0.05) is 28.8 Å². The van der Waals surface area contributed by atoms with Gasteiger partial charge in [-0.15, -0.1) is 11.3 Å². The minimum atomic E-state index is -0.179. The van der Waals surface area contributed by atoms with Crippen molar-refractivity contribution < 1.29 is 0 Å². The lowest BCUT2D eigenvalue weighted by atomic mass is 9.83. The highest BCUT2D eigenvalue weighted by atomic mass is 32.1. The fourth-order valence-electron chi connectivity index (χ4n) is 4.53. The minimum absolute atomic E-state index is 0.0712. The Kier molecular flexibility index (Phi) is 4.83. The molecule has 30 heavy (non-hydrogen) atoms. The first-order valence-electron chi connectivity index (χ1n) is 10.3. The number of benzene rings is 1. The fraction of sp³-hybridized carbons (Fsp3) is 0.400. The van der Waals surface area contributed by atoms with Gasteiger partial charge in [-0.2, -0.15) is 10.5 Å². The molecule has 3 heterocycles. The van der Waals surface area contributed by atoms with Crippen LogP contribution in [0.2, 0.25) is 0 Å². The van der Waals surface area contributed by atoms with E-state index in [-0.39, 0.29) is 16.4 Å². The van der Waals surface area contributed by atoms with Crippen molar-refractivity contribution in [3.05, 3.63) is 56.0 Å². The third-order valence-electron chi connectivity index (χ3n) is 6.02. The fourth-order valence-corrected chi connectivity index (χ4v) is 5.66. The van der Waals surface area contributed by atoms with Crippen molar-refractivity contribution in [2.75, 3.05) is 11.4 Å². The summed E-state index contributed by atoms with van der Waals surface area (Å²) in [6.07, 6.45) is 6.65. The zero-order valence-electron chi connectivity index (χ0n) is 18.2. The summed E-state index contributed by atoms with van der Waals surface area (Å²) >= 11 is 1.43. The van der Waals surface area contributed by atoms with E-state index in [0.717, 1.165) is 29.6 Å². The molecule has 0 bridgehead atoms. The van der Waals surface area contributed by atoms with Gasteiger partial charge >= 0.3 is 0 Å². The number of hydrogen-bond donors (Lipinski definition) is 0. The molecular weight excluding hydrogens is 388 g/mol. The molecule has 152 valence electrons. The van der Waals surface area contributed by atoms with Gasteiger partial charge in [0.2, 0.25) is 0 Å². The number of hydrogen-bond acceptors (Lipinski definition) is 5. The number of para-hydroxylation sites is 1. The van der Waals surface area contributed by atoms with Crippen LogP contribution < -0.4 is 14.1 Å². The van der Waals surface area contributed by atoms with E-state index in [4.69, 9.17) is 0 Å². The number of aryl methyl sites for hydroxylation is 1. The van der Waals surface area contributed by atoms with Crippen molar-refractivity contribution in [2.45, 2.75) is 58.3 Å². The van der Waals surface area contributed by atoms with E-state index in [0.29, 0.717) is 4.66 Å². The molecule has 0 fully saturated rings. The molecule has 0 aliphatic carbocycles. The molecule has 0 atom stereocenters. The highest BCUT2D eigenvalue weighted by molar-refractivity contribution is 7.07. The van der Waals surface area contributed by atoms with Gasteiger partial charge in [0.05, 0.1) is 10.2 Å². The molecule has 0 amide bonds. The minimum Gasteiger partial charge on any atom is -0.344 e. The van der Waals surface area contributed by atoms with E-state index in [2.05, 4.69) is 74.9 Å². The lowest BCUT2D eigenvalue weighted by Gasteiger charge is -2.30. The second-order valence-electron chi connectivity index (χ2n) is 9.49. The van der Waals surface area contributed by atoms with E-state index in [1.165, 1.54) is 33.8 Å². The van der Waals surface area contributed by atoms with Crippen molar-refractivity contribution in [1.29, 1.82) is 10.5 Å². The number of thiazole rings is 1. The molecule has 1 aromatic heterocycles. The number of allylic oxidation sites excluding steroid dienone is 2. The van der Waals surface area contributed by atoms with E-state index < -0.39 is 0 Å².